The van der Waals surface area contributed by atoms with Crippen molar-refractivity contribution in [2.45, 2.75) is 6.54 Å². The Balaban J connectivity index is 2.40. The monoisotopic (exact) mass is 179 g/mol. The number of hydrogen-bond donors (Lipinski definition) is 1. The van der Waals surface area contributed by atoms with Crippen molar-refractivity contribution in [3.8, 4) is 0 Å². The summed E-state index contributed by atoms with van der Waals surface area (Å²) in [7, 11) is 3.40. The van der Waals surface area contributed by atoms with Gasteiger partial charge in [0.2, 0.25) is 0 Å². The van der Waals surface area contributed by atoms with Crippen LogP contribution in [0.5, 0.6) is 0 Å². The predicted molar refractivity (Wildman–Crippen MR) is 50.2 cm³/mol. The molecule has 1 heterocycles. The van der Waals surface area contributed by atoms with Crippen LogP contribution in [-0.2, 0) is 6.54 Å². The van der Waals surface area contributed by atoms with Crippen molar-refractivity contribution in [3.05, 3.63) is 30.1 Å². The average molecular weight is 179 g/mol. The molecule has 0 spiro atoms. The second-order valence-electron chi connectivity index (χ2n) is 2.87. The number of carbonyl (C=O) groups is 1. The lowest BCUT2D eigenvalue weighted by atomic mass is 10.3. The minimum Gasteiger partial charge on any atom is -0.332 e. The average Bonchev–Trinajstić information content (AvgIpc) is 2.15. The van der Waals surface area contributed by atoms with E-state index in [2.05, 4.69) is 10.3 Å². The molecule has 1 rings (SSSR count). The maximum absolute atomic E-state index is 11.1. The molecule has 1 aromatic heterocycles. The Morgan fingerprint density at radius 1 is 1.54 bits per heavy atom. The van der Waals surface area contributed by atoms with Crippen LogP contribution in [-0.4, -0.2) is 30.0 Å². The Morgan fingerprint density at radius 3 is 2.85 bits per heavy atom. The Labute approximate surface area is 77.6 Å². The van der Waals surface area contributed by atoms with Gasteiger partial charge in [-0.25, -0.2) is 4.79 Å². The molecular formula is C9H13N3O. The highest BCUT2D eigenvalue weighted by Crippen LogP contribution is 1.92. The molecule has 0 aromatic carbocycles. The number of urea groups is 1. The predicted octanol–water partition coefficient (Wildman–Crippen LogP) is 0.853. The van der Waals surface area contributed by atoms with Crippen LogP contribution in [0.4, 0.5) is 4.79 Å². The quantitative estimate of drug-likeness (QED) is 0.731. The molecule has 4 heteroatoms. The van der Waals surface area contributed by atoms with Crippen LogP contribution >= 0.6 is 0 Å². The summed E-state index contributed by atoms with van der Waals surface area (Å²) in [6.45, 7) is 0.470. The first-order valence-corrected chi connectivity index (χ1v) is 4.05. The van der Waals surface area contributed by atoms with Gasteiger partial charge in [0.05, 0.1) is 12.2 Å². The minimum atomic E-state index is -0.106. The van der Waals surface area contributed by atoms with Crippen LogP contribution in [0, 0.1) is 0 Å². The van der Waals surface area contributed by atoms with E-state index in [1.165, 1.54) is 4.90 Å². The fraction of sp³-hybridized carbons (Fsp3) is 0.333. The molecule has 0 aliphatic heterocycles. The number of nitrogens with one attached hydrogen (secondary N) is 1. The molecule has 0 fully saturated rings. The second-order valence-corrected chi connectivity index (χ2v) is 2.87. The molecule has 0 unspecified atom stereocenters. The third kappa shape index (κ3) is 3.11. The Kier molecular flexibility index (Phi) is 3.25. The topological polar surface area (TPSA) is 45.2 Å². The number of amides is 2. The molecule has 1 N–H and O–H groups in total. The maximum Gasteiger partial charge on any atom is 0.317 e. The summed E-state index contributed by atoms with van der Waals surface area (Å²) < 4.78 is 0. The van der Waals surface area contributed by atoms with Crippen LogP contribution in [0.2, 0.25) is 0 Å². The van der Waals surface area contributed by atoms with E-state index in [-0.39, 0.29) is 6.03 Å². The van der Waals surface area contributed by atoms with Gasteiger partial charge in [0.25, 0.3) is 0 Å². The van der Waals surface area contributed by atoms with Crippen molar-refractivity contribution in [2.75, 3.05) is 14.1 Å². The molecule has 1 aromatic rings. The Morgan fingerprint density at radius 2 is 2.31 bits per heavy atom. The number of hydrogen-bond acceptors (Lipinski definition) is 2. The zero-order valence-corrected chi connectivity index (χ0v) is 7.82. The van der Waals surface area contributed by atoms with Gasteiger partial charge < -0.3 is 10.2 Å². The summed E-state index contributed by atoms with van der Waals surface area (Å²) in [5, 5.41) is 2.72. The van der Waals surface area contributed by atoms with Crippen LogP contribution in [0.1, 0.15) is 5.69 Å². The fourth-order valence-corrected chi connectivity index (χ4v) is 0.827. The summed E-state index contributed by atoms with van der Waals surface area (Å²) >= 11 is 0. The van der Waals surface area contributed by atoms with E-state index in [9.17, 15) is 4.79 Å². The van der Waals surface area contributed by atoms with Gasteiger partial charge in [0.15, 0.2) is 0 Å². The number of carbonyl (C=O) groups excluding carboxylic acids is 1. The molecule has 0 aliphatic rings. The number of nitrogens with zero attached hydrogens (tertiary/aromatic N) is 2. The highest BCUT2D eigenvalue weighted by molar-refractivity contribution is 5.73. The summed E-state index contributed by atoms with van der Waals surface area (Å²) in [6.07, 6.45) is 1.71. The fourth-order valence-electron chi connectivity index (χ4n) is 0.827. The lowest BCUT2D eigenvalue weighted by Crippen LogP contribution is -2.34. The van der Waals surface area contributed by atoms with Crippen LogP contribution in [0.25, 0.3) is 0 Å². The second kappa shape index (κ2) is 4.45. The smallest absolute Gasteiger partial charge is 0.317 e. The van der Waals surface area contributed by atoms with Crippen molar-refractivity contribution in [3.63, 3.8) is 0 Å². The minimum absolute atomic E-state index is 0.106. The summed E-state index contributed by atoms with van der Waals surface area (Å²) in [5.41, 5.74) is 0.859. The van der Waals surface area contributed by atoms with Crippen molar-refractivity contribution in [1.82, 2.24) is 15.2 Å². The van der Waals surface area contributed by atoms with Crippen LogP contribution < -0.4 is 5.32 Å². The molecule has 0 saturated heterocycles. The van der Waals surface area contributed by atoms with E-state index >= 15 is 0 Å². The molecule has 2 amide bonds. The highest BCUT2D eigenvalue weighted by atomic mass is 16.2. The van der Waals surface area contributed by atoms with Gasteiger partial charge >= 0.3 is 6.03 Å². The molecule has 0 saturated carbocycles. The first-order chi connectivity index (χ1) is 6.20. The first kappa shape index (κ1) is 9.51. The normalized spacial score (nSPS) is 9.38. The van der Waals surface area contributed by atoms with Crippen molar-refractivity contribution >= 4 is 6.03 Å². The molecule has 13 heavy (non-hydrogen) atoms. The summed E-state index contributed by atoms with van der Waals surface area (Å²) in [6, 6.07) is 5.50. The molecule has 0 bridgehead atoms. The summed E-state index contributed by atoms with van der Waals surface area (Å²) in [4.78, 5) is 16.7. The summed E-state index contributed by atoms with van der Waals surface area (Å²) in [5.74, 6) is 0. The number of pyridine rings is 1. The third-order valence-corrected chi connectivity index (χ3v) is 1.55. The van der Waals surface area contributed by atoms with E-state index in [4.69, 9.17) is 0 Å². The lowest BCUT2D eigenvalue weighted by Gasteiger charge is -2.11. The van der Waals surface area contributed by atoms with Crippen LogP contribution in [0.3, 0.4) is 0 Å². The molecule has 4 nitrogen and oxygen atoms in total. The number of aromatic nitrogens is 1. The van der Waals surface area contributed by atoms with E-state index < -0.39 is 0 Å². The van der Waals surface area contributed by atoms with Crippen molar-refractivity contribution in [2.24, 2.45) is 0 Å². The Hall–Kier alpha value is -1.58. The highest BCUT2D eigenvalue weighted by Gasteiger charge is 2.01. The van der Waals surface area contributed by atoms with Crippen molar-refractivity contribution in [1.29, 1.82) is 0 Å². The molecular weight excluding hydrogens is 166 g/mol. The molecule has 0 aliphatic carbocycles. The van der Waals surface area contributed by atoms with E-state index in [0.29, 0.717) is 6.54 Å². The van der Waals surface area contributed by atoms with Gasteiger partial charge in [0, 0.05) is 20.3 Å². The van der Waals surface area contributed by atoms with Gasteiger partial charge in [-0.3, -0.25) is 4.98 Å². The zero-order valence-electron chi connectivity index (χ0n) is 7.82. The van der Waals surface area contributed by atoms with Gasteiger partial charge in [0.1, 0.15) is 0 Å². The maximum atomic E-state index is 11.1. The van der Waals surface area contributed by atoms with E-state index in [1.807, 2.05) is 18.2 Å². The van der Waals surface area contributed by atoms with Gasteiger partial charge in [-0.2, -0.15) is 0 Å². The first-order valence-electron chi connectivity index (χ1n) is 4.05. The van der Waals surface area contributed by atoms with Crippen molar-refractivity contribution < 1.29 is 4.79 Å². The molecule has 0 radical (unpaired) electrons. The third-order valence-electron chi connectivity index (χ3n) is 1.55. The zero-order chi connectivity index (χ0) is 9.68. The van der Waals surface area contributed by atoms with Crippen LogP contribution in [0.15, 0.2) is 24.4 Å². The molecule has 70 valence electrons. The van der Waals surface area contributed by atoms with Gasteiger partial charge in [-0.15, -0.1) is 0 Å². The lowest BCUT2D eigenvalue weighted by molar-refractivity contribution is 0.217. The molecule has 0 atom stereocenters. The van der Waals surface area contributed by atoms with E-state index in [1.54, 1.807) is 20.3 Å². The van der Waals surface area contributed by atoms with Gasteiger partial charge in [-0.05, 0) is 12.1 Å². The SMILES string of the molecule is CN(C)C(=O)NCc1ccccn1. The Bertz CT molecular complexity index is 271. The van der Waals surface area contributed by atoms with Gasteiger partial charge in [-0.1, -0.05) is 6.07 Å². The largest absolute Gasteiger partial charge is 0.332 e. The standard InChI is InChI=1S/C9H13N3O/c1-12(2)9(13)11-7-8-5-3-4-6-10-8/h3-6H,7H2,1-2H3,(H,11,13). The number of rotatable bonds is 2. The van der Waals surface area contributed by atoms with E-state index in [0.717, 1.165) is 5.69 Å².